The van der Waals surface area contributed by atoms with Crippen LogP contribution in [-0.2, 0) is 11.3 Å². The van der Waals surface area contributed by atoms with E-state index >= 15 is 0 Å². The van der Waals surface area contributed by atoms with E-state index < -0.39 is 10.9 Å². The molecule has 0 fully saturated rings. The number of ether oxygens (including phenoxy) is 1. The molecule has 2 aromatic carbocycles. The number of hydrogen-bond acceptors (Lipinski definition) is 4. The van der Waals surface area contributed by atoms with Crippen LogP contribution in [0.3, 0.4) is 0 Å². The van der Waals surface area contributed by atoms with Gasteiger partial charge in [-0.05, 0) is 29.1 Å². The average molecular weight is 310 g/mol. The molecule has 0 saturated carbocycles. The minimum absolute atomic E-state index is 0.0641. The molecule has 116 valence electrons. The molecule has 23 heavy (non-hydrogen) atoms. The first-order valence-electron chi connectivity index (χ1n) is 6.99. The monoisotopic (exact) mass is 310 g/mol. The van der Waals surface area contributed by atoms with E-state index in [4.69, 9.17) is 4.74 Å². The lowest BCUT2D eigenvalue weighted by Crippen LogP contribution is -2.02. The van der Waals surface area contributed by atoms with Crippen molar-refractivity contribution in [3.63, 3.8) is 0 Å². The second-order valence-electron chi connectivity index (χ2n) is 5.14. The van der Waals surface area contributed by atoms with E-state index in [1.165, 1.54) is 13.2 Å². The van der Waals surface area contributed by atoms with Gasteiger partial charge < -0.3 is 9.30 Å². The molecule has 0 spiro atoms. The fourth-order valence-electron chi connectivity index (χ4n) is 2.53. The summed E-state index contributed by atoms with van der Waals surface area (Å²) in [5.74, 6) is -0.394. The topological polar surface area (TPSA) is 74.4 Å². The van der Waals surface area contributed by atoms with Gasteiger partial charge in [0.1, 0.15) is 0 Å². The van der Waals surface area contributed by atoms with E-state index in [1.807, 2.05) is 29.0 Å². The van der Waals surface area contributed by atoms with Gasteiger partial charge in [0.05, 0.1) is 17.6 Å². The number of rotatable bonds is 4. The molecule has 0 unspecified atom stereocenters. The fourth-order valence-corrected chi connectivity index (χ4v) is 2.53. The van der Waals surface area contributed by atoms with Gasteiger partial charge in [-0.25, -0.2) is 4.79 Å². The predicted octanol–water partition coefficient (Wildman–Crippen LogP) is 3.38. The summed E-state index contributed by atoms with van der Waals surface area (Å²) in [6, 6.07) is 13.8. The van der Waals surface area contributed by atoms with Crippen LogP contribution < -0.4 is 0 Å². The maximum Gasteiger partial charge on any atom is 0.337 e. The first-order valence-corrected chi connectivity index (χ1v) is 6.99. The summed E-state index contributed by atoms with van der Waals surface area (Å²) in [4.78, 5) is 22.1. The van der Waals surface area contributed by atoms with Crippen molar-refractivity contribution in [3.8, 4) is 0 Å². The number of benzene rings is 2. The highest BCUT2D eigenvalue weighted by Crippen LogP contribution is 2.21. The normalized spacial score (nSPS) is 10.7. The van der Waals surface area contributed by atoms with Crippen molar-refractivity contribution in [1.82, 2.24) is 4.57 Å². The lowest BCUT2D eigenvalue weighted by Gasteiger charge is -2.07. The lowest BCUT2D eigenvalue weighted by molar-refractivity contribution is -0.384. The highest BCUT2D eigenvalue weighted by molar-refractivity contribution is 5.94. The largest absolute Gasteiger partial charge is 0.465 e. The highest BCUT2D eigenvalue weighted by atomic mass is 16.6. The Morgan fingerprint density at radius 3 is 2.78 bits per heavy atom. The van der Waals surface area contributed by atoms with E-state index in [1.54, 1.807) is 24.3 Å². The van der Waals surface area contributed by atoms with Crippen LogP contribution >= 0.6 is 0 Å². The van der Waals surface area contributed by atoms with Gasteiger partial charge in [-0.3, -0.25) is 10.1 Å². The molecule has 3 rings (SSSR count). The van der Waals surface area contributed by atoms with Crippen LogP contribution in [0.1, 0.15) is 15.9 Å². The summed E-state index contributed by atoms with van der Waals surface area (Å²) < 4.78 is 6.68. The Labute approximate surface area is 132 Å². The molecule has 1 heterocycles. The molecule has 0 amide bonds. The zero-order chi connectivity index (χ0) is 16.4. The van der Waals surface area contributed by atoms with Crippen LogP contribution in [0.5, 0.6) is 0 Å². The van der Waals surface area contributed by atoms with Gasteiger partial charge in [-0.2, -0.15) is 0 Å². The van der Waals surface area contributed by atoms with Crippen molar-refractivity contribution in [2.45, 2.75) is 6.54 Å². The van der Waals surface area contributed by atoms with Gasteiger partial charge in [0, 0.05) is 30.4 Å². The van der Waals surface area contributed by atoms with Gasteiger partial charge >= 0.3 is 5.97 Å². The number of methoxy groups -OCH3 is 1. The number of non-ortho nitro benzene ring substituents is 1. The van der Waals surface area contributed by atoms with Crippen molar-refractivity contribution in [2.24, 2.45) is 0 Å². The first kappa shape index (κ1) is 14.8. The summed E-state index contributed by atoms with van der Waals surface area (Å²) in [5.41, 5.74) is 2.23. The number of carbonyl (C=O) groups is 1. The van der Waals surface area contributed by atoms with Crippen LogP contribution in [0.15, 0.2) is 54.7 Å². The van der Waals surface area contributed by atoms with Crippen LogP contribution in [-0.4, -0.2) is 22.6 Å². The first-order chi connectivity index (χ1) is 11.1. The third-order valence-corrected chi connectivity index (χ3v) is 3.67. The molecular formula is C17H14N2O4. The molecule has 0 radical (unpaired) electrons. The highest BCUT2D eigenvalue weighted by Gasteiger charge is 2.10. The zero-order valence-electron chi connectivity index (χ0n) is 12.4. The fraction of sp³-hybridized carbons (Fsp3) is 0.118. The smallest absolute Gasteiger partial charge is 0.337 e. The molecule has 0 bridgehead atoms. The van der Waals surface area contributed by atoms with Gasteiger partial charge in [-0.15, -0.1) is 0 Å². The molecule has 1 aromatic heterocycles. The van der Waals surface area contributed by atoms with Crippen LogP contribution in [0.2, 0.25) is 0 Å². The number of esters is 1. The maximum atomic E-state index is 11.7. The number of nitro benzene ring substituents is 1. The van der Waals surface area contributed by atoms with Gasteiger partial charge in [-0.1, -0.05) is 18.2 Å². The Kier molecular flexibility index (Phi) is 3.80. The molecule has 0 saturated heterocycles. The van der Waals surface area contributed by atoms with E-state index in [2.05, 4.69) is 0 Å². The number of carbonyl (C=O) groups excluding carboxylic acids is 1. The molecule has 6 heteroatoms. The second kappa shape index (κ2) is 5.92. The standard InChI is InChI=1S/C17H14N2O4/c1-23-17(20)14-6-5-13-7-8-18(16(13)10-14)11-12-3-2-4-15(9-12)19(21)22/h2-10H,11H2,1H3. The third-order valence-electron chi connectivity index (χ3n) is 3.67. The molecule has 0 aliphatic rings. The Hall–Kier alpha value is -3.15. The molecule has 0 aliphatic heterocycles. The van der Waals surface area contributed by atoms with Gasteiger partial charge in [0.25, 0.3) is 5.69 Å². The quantitative estimate of drug-likeness (QED) is 0.420. The van der Waals surface area contributed by atoms with Crippen LogP contribution in [0.4, 0.5) is 5.69 Å². The Balaban J connectivity index is 1.98. The number of hydrogen-bond donors (Lipinski definition) is 0. The Morgan fingerprint density at radius 1 is 1.22 bits per heavy atom. The average Bonchev–Trinajstić information content (AvgIpc) is 2.96. The third kappa shape index (κ3) is 2.91. The summed E-state index contributed by atoms with van der Waals surface area (Å²) in [6.07, 6.45) is 1.89. The van der Waals surface area contributed by atoms with E-state index in [0.29, 0.717) is 12.1 Å². The Morgan fingerprint density at radius 2 is 2.04 bits per heavy atom. The number of nitro groups is 1. The van der Waals surface area contributed by atoms with Crippen molar-refractivity contribution in [3.05, 3.63) is 76.0 Å². The zero-order valence-corrected chi connectivity index (χ0v) is 12.4. The van der Waals surface area contributed by atoms with Crippen LogP contribution in [0.25, 0.3) is 10.9 Å². The summed E-state index contributed by atoms with van der Waals surface area (Å²) in [5, 5.41) is 11.9. The van der Waals surface area contributed by atoms with Crippen LogP contribution in [0, 0.1) is 10.1 Å². The van der Waals surface area contributed by atoms with Crippen molar-refractivity contribution < 1.29 is 14.5 Å². The van der Waals surface area contributed by atoms with Crippen molar-refractivity contribution >= 4 is 22.6 Å². The van der Waals surface area contributed by atoms with Crippen molar-refractivity contribution in [1.29, 1.82) is 0 Å². The molecule has 0 aliphatic carbocycles. The minimum Gasteiger partial charge on any atom is -0.465 e. The van der Waals surface area contributed by atoms with E-state index in [-0.39, 0.29) is 5.69 Å². The summed E-state index contributed by atoms with van der Waals surface area (Å²) in [7, 11) is 1.34. The SMILES string of the molecule is COC(=O)c1ccc2ccn(Cc3cccc([N+](=O)[O-])c3)c2c1. The van der Waals surface area contributed by atoms with Gasteiger partial charge in [0.15, 0.2) is 0 Å². The Bertz CT molecular complexity index is 898. The van der Waals surface area contributed by atoms with E-state index in [0.717, 1.165) is 16.5 Å². The maximum absolute atomic E-state index is 11.7. The lowest BCUT2D eigenvalue weighted by atomic mass is 10.1. The molecule has 0 N–H and O–H groups in total. The molecule has 0 atom stereocenters. The second-order valence-corrected chi connectivity index (χ2v) is 5.14. The number of fused-ring (bicyclic) bond motifs is 1. The summed E-state index contributed by atoms with van der Waals surface area (Å²) in [6.45, 7) is 0.482. The number of aromatic nitrogens is 1. The molecule has 6 nitrogen and oxygen atoms in total. The van der Waals surface area contributed by atoms with Crippen molar-refractivity contribution in [2.75, 3.05) is 7.11 Å². The molecular weight excluding hydrogens is 296 g/mol. The molecule has 3 aromatic rings. The minimum atomic E-state index is -0.410. The van der Waals surface area contributed by atoms with Gasteiger partial charge in [0.2, 0.25) is 0 Å². The van der Waals surface area contributed by atoms with E-state index in [9.17, 15) is 14.9 Å². The predicted molar refractivity (Wildman–Crippen MR) is 85.5 cm³/mol. The number of nitrogens with zero attached hydrogens (tertiary/aromatic N) is 2. The summed E-state index contributed by atoms with van der Waals surface area (Å²) >= 11 is 0.